The monoisotopic (exact) mass is 466 g/mol. The molecule has 2 amide bonds. The van der Waals surface area contributed by atoms with E-state index in [-0.39, 0.29) is 30.7 Å². The molecule has 8 bridgehead atoms. The SMILES string of the molecule is O=C1NCC(O)COc2ccc(cc2)Nc2ncc(F)c(n2)Nc2ccc3c(c2)NC(=O)C1O3. The fourth-order valence-electron chi connectivity index (χ4n) is 3.34. The van der Waals surface area contributed by atoms with Gasteiger partial charge >= 0.3 is 0 Å². The lowest BCUT2D eigenvalue weighted by Gasteiger charge is -2.26. The summed E-state index contributed by atoms with van der Waals surface area (Å²) < 4.78 is 25.4. The highest BCUT2D eigenvalue weighted by atomic mass is 19.1. The molecule has 174 valence electrons. The number of ether oxygens (including phenoxy) is 2. The molecule has 0 radical (unpaired) electrons. The number of aliphatic hydroxyl groups excluding tert-OH is 1. The zero-order valence-corrected chi connectivity index (χ0v) is 17.5. The van der Waals surface area contributed by atoms with Gasteiger partial charge in [0.15, 0.2) is 11.6 Å². The van der Waals surface area contributed by atoms with Crippen molar-refractivity contribution in [3.8, 4) is 11.5 Å². The number of nitrogens with one attached hydrogen (secondary N) is 4. The Bertz CT molecular complexity index is 1260. The van der Waals surface area contributed by atoms with Crippen molar-refractivity contribution < 1.29 is 28.6 Å². The van der Waals surface area contributed by atoms with Crippen LogP contribution < -0.4 is 30.7 Å². The van der Waals surface area contributed by atoms with E-state index in [1.165, 1.54) is 12.1 Å². The van der Waals surface area contributed by atoms with Gasteiger partial charge in [-0.05, 0) is 42.5 Å². The lowest BCUT2D eigenvalue weighted by Crippen LogP contribution is -2.50. The summed E-state index contributed by atoms with van der Waals surface area (Å²) in [6.45, 7) is -0.230. The number of rotatable bonds is 0. The van der Waals surface area contributed by atoms with Crippen LogP contribution in [0.2, 0.25) is 0 Å². The van der Waals surface area contributed by atoms with Gasteiger partial charge in [0.25, 0.3) is 17.9 Å². The van der Waals surface area contributed by atoms with E-state index in [0.29, 0.717) is 22.8 Å². The van der Waals surface area contributed by atoms with Crippen LogP contribution >= 0.6 is 0 Å². The summed E-state index contributed by atoms with van der Waals surface area (Å²) in [7, 11) is 0. The molecule has 9 rings (SSSR count). The molecule has 7 heterocycles. The number of hydrogen-bond acceptors (Lipinski definition) is 9. The van der Waals surface area contributed by atoms with Crippen molar-refractivity contribution in [2.24, 2.45) is 0 Å². The maximum Gasteiger partial charge on any atom is 0.275 e. The Balaban J connectivity index is 1.48. The number of hydrogen-bond donors (Lipinski definition) is 5. The van der Waals surface area contributed by atoms with Crippen LogP contribution in [0.15, 0.2) is 48.7 Å². The Morgan fingerprint density at radius 3 is 2.62 bits per heavy atom. The van der Waals surface area contributed by atoms with Gasteiger partial charge in [0.05, 0.1) is 11.9 Å². The van der Waals surface area contributed by atoms with E-state index in [0.717, 1.165) is 6.20 Å². The zero-order valence-electron chi connectivity index (χ0n) is 17.5. The van der Waals surface area contributed by atoms with E-state index in [1.807, 2.05) is 0 Å². The summed E-state index contributed by atoms with van der Waals surface area (Å²) >= 11 is 0. The average molecular weight is 466 g/mol. The highest BCUT2D eigenvalue weighted by molar-refractivity contribution is 6.11. The molecular formula is C22H19FN6O5. The Morgan fingerprint density at radius 1 is 1.00 bits per heavy atom. The molecular weight excluding hydrogens is 447 g/mol. The number of benzene rings is 2. The number of carbonyl (C=O) groups is 2. The predicted molar refractivity (Wildman–Crippen MR) is 119 cm³/mol. The first-order chi connectivity index (χ1) is 16.4. The molecule has 0 saturated heterocycles. The number of aromatic nitrogens is 2. The van der Waals surface area contributed by atoms with Crippen molar-refractivity contribution in [2.45, 2.75) is 12.2 Å². The van der Waals surface area contributed by atoms with Crippen LogP contribution in [0.5, 0.6) is 11.5 Å². The van der Waals surface area contributed by atoms with Crippen molar-refractivity contribution in [2.75, 3.05) is 29.1 Å². The summed E-state index contributed by atoms with van der Waals surface area (Å²) in [5, 5.41) is 21.1. The first kappa shape index (κ1) is 21.4. The molecule has 2 aromatic carbocycles. The molecule has 0 aliphatic carbocycles. The van der Waals surface area contributed by atoms with Gasteiger partial charge in [0.1, 0.15) is 24.2 Å². The second-order valence-electron chi connectivity index (χ2n) is 7.57. The lowest BCUT2D eigenvalue weighted by molar-refractivity contribution is -0.137. The largest absolute Gasteiger partial charge is 0.491 e. The topological polar surface area (TPSA) is 147 Å². The molecule has 0 spiro atoms. The minimum atomic E-state index is -1.44. The van der Waals surface area contributed by atoms with Gasteiger partial charge in [-0.3, -0.25) is 9.59 Å². The van der Waals surface area contributed by atoms with E-state index in [4.69, 9.17) is 9.47 Å². The van der Waals surface area contributed by atoms with Crippen LogP contribution in [0.4, 0.5) is 33.2 Å². The van der Waals surface area contributed by atoms with Crippen molar-refractivity contribution in [1.29, 1.82) is 0 Å². The molecule has 0 saturated carbocycles. The van der Waals surface area contributed by atoms with Crippen LogP contribution in [0.3, 0.4) is 0 Å². The molecule has 1 aromatic heterocycles. The molecule has 11 nitrogen and oxygen atoms in total. The third-order valence-corrected chi connectivity index (χ3v) is 5.03. The van der Waals surface area contributed by atoms with Crippen LogP contribution in [0, 0.1) is 5.82 Å². The highest BCUT2D eigenvalue weighted by Gasteiger charge is 2.34. The number of nitrogens with zero attached hydrogens (tertiary/aromatic N) is 2. The number of anilines is 5. The van der Waals surface area contributed by atoms with Gasteiger partial charge in [-0.25, -0.2) is 9.37 Å². The van der Waals surface area contributed by atoms with E-state index in [2.05, 4.69) is 31.2 Å². The molecule has 3 aromatic rings. The average Bonchev–Trinajstić information content (AvgIpc) is 2.83. The summed E-state index contributed by atoms with van der Waals surface area (Å²) in [4.78, 5) is 33.0. The van der Waals surface area contributed by atoms with E-state index in [9.17, 15) is 19.1 Å². The van der Waals surface area contributed by atoms with Gasteiger partial charge in [0, 0.05) is 17.9 Å². The van der Waals surface area contributed by atoms with E-state index < -0.39 is 29.8 Å². The van der Waals surface area contributed by atoms with Crippen molar-refractivity contribution in [3.05, 3.63) is 54.5 Å². The number of amides is 2. The standard InChI is InChI=1S/C22H19FN6O5/c23-15-9-25-22-27-11-1-4-14(5-2-11)33-10-13(30)8-24-20(31)18-21(32)28-16-7-12(26-19(15)29-22)3-6-17(16)34-18/h1-7,9,13,18,30H,8,10H2,(H,24,31)(H,28,32)(H2,25,26,27,29). The van der Waals surface area contributed by atoms with E-state index in [1.54, 1.807) is 30.3 Å². The minimum absolute atomic E-state index is 0.0856. The predicted octanol–water partition coefficient (Wildman–Crippen LogP) is 1.67. The maximum absolute atomic E-state index is 14.4. The van der Waals surface area contributed by atoms with Gasteiger partial charge < -0.3 is 35.8 Å². The van der Waals surface area contributed by atoms with Crippen LogP contribution in [-0.2, 0) is 9.59 Å². The summed E-state index contributed by atoms with van der Waals surface area (Å²) in [5.74, 6) is -1.26. The second-order valence-corrected chi connectivity index (χ2v) is 7.57. The Kier molecular flexibility index (Phi) is 5.55. The van der Waals surface area contributed by atoms with E-state index >= 15 is 0 Å². The quantitative estimate of drug-likeness (QED) is 0.312. The Morgan fingerprint density at radius 2 is 1.79 bits per heavy atom. The minimum Gasteiger partial charge on any atom is -0.491 e. The highest BCUT2D eigenvalue weighted by Crippen LogP contribution is 2.33. The molecule has 5 N–H and O–H groups in total. The Labute approximate surface area is 192 Å². The molecule has 12 heteroatoms. The third kappa shape index (κ3) is 4.52. The van der Waals surface area contributed by atoms with Gasteiger partial charge in [-0.1, -0.05) is 0 Å². The molecule has 6 aliphatic rings. The first-order valence-electron chi connectivity index (χ1n) is 10.3. The summed E-state index contributed by atoms with van der Waals surface area (Å²) in [6.07, 6.45) is -1.43. The molecule has 2 atom stereocenters. The molecule has 2 unspecified atom stereocenters. The molecule has 0 fully saturated rings. The molecule has 6 aliphatic heterocycles. The number of halogens is 1. The molecule has 34 heavy (non-hydrogen) atoms. The van der Waals surface area contributed by atoms with Crippen LogP contribution in [0.25, 0.3) is 0 Å². The normalized spacial score (nSPS) is 19.6. The fourth-order valence-corrected chi connectivity index (χ4v) is 3.34. The van der Waals surface area contributed by atoms with Gasteiger partial charge in [-0.2, -0.15) is 4.98 Å². The van der Waals surface area contributed by atoms with Gasteiger partial charge in [0.2, 0.25) is 5.95 Å². The smallest absolute Gasteiger partial charge is 0.275 e. The van der Waals surface area contributed by atoms with Gasteiger partial charge in [-0.15, -0.1) is 0 Å². The van der Waals surface area contributed by atoms with Crippen molar-refractivity contribution >= 4 is 40.6 Å². The zero-order chi connectivity index (χ0) is 23.7. The summed E-state index contributed by atoms with van der Waals surface area (Å²) in [6, 6.07) is 11.4. The first-order valence-corrected chi connectivity index (χ1v) is 10.3. The lowest BCUT2D eigenvalue weighted by atomic mass is 10.2. The van der Waals surface area contributed by atoms with Crippen molar-refractivity contribution in [3.63, 3.8) is 0 Å². The maximum atomic E-state index is 14.4. The van der Waals surface area contributed by atoms with Crippen LogP contribution in [-0.4, -0.2) is 52.2 Å². The fraction of sp³-hybridized carbons (Fsp3) is 0.182. The Hall–Kier alpha value is -4.45. The van der Waals surface area contributed by atoms with Crippen LogP contribution in [0.1, 0.15) is 0 Å². The summed E-state index contributed by atoms with van der Waals surface area (Å²) in [5.41, 5.74) is 1.35. The van der Waals surface area contributed by atoms with Crippen molar-refractivity contribution in [1.82, 2.24) is 15.3 Å². The number of aliphatic hydroxyl groups is 1. The second kappa shape index (κ2) is 8.83. The third-order valence-electron chi connectivity index (χ3n) is 5.03. The number of carbonyl (C=O) groups excluding carboxylic acids is 2.